The Morgan fingerprint density at radius 3 is 2.62 bits per heavy atom. The number of esters is 1. The second kappa shape index (κ2) is 7.02. The number of amides is 4. The minimum Gasteiger partial charge on any atom is -0.459 e. The lowest BCUT2D eigenvalue weighted by atomic mass is 9.94. The Labute approximate surface area is 166 Å². The summed E-state index contributed by atoms with van der Waals surface area (Å²) >= 11 is 0. The van der Waals surface area contributed by atoms with Gasteiger partial charge in [0, 0.05) is 24.7 Å². The molecule has 0 bridgehead atoms. The molecule has 9 nitrogen and oxygen atoms in total. The van der Waals surface area contributed by atoms with E-state index in [9.17, 15) is 23.6 Å². The van der Waals surface area contributed by atoms with Crippen molar-refractivity contribution < 1.29 is 33.0 Å². The average Bonchev–Trinajstić information content (AvgIpc) is 3.07. The van der Waals surface area contributed by atoms with Gasteiger partial charge in [-0.3, -0.25) is 9.59 Å². The Morgan fingerprint density at radius 1 is 1.31 bits per heavy atom. The molecule has 3 rings (SSSR count). The van der Waals surface area contributed by atoms with Crippen LogP contribution in [0.5, 0.6) is 0 Å². The quantitative estimate of drug-likeness (QED) is 0.742. The predicted octanol–water partition coefficient (Wildman–Crippen LogP) is 2.04. The fourth-order valence-corrected chi connectivity index (χ4v) is 3.52. The molecule has 156 valence electrons. The molecule has 2 aliphatic rings. The Morgan fingerprint density at radius 2 is 2.00 bits per heavy atom. The van der Waals surface area contributed by atoms with Crippen molar-refractivity contribution in [3.63, 3.8) is 0 Å². The highest BCUT2D eigenvalue weighted by molar-refractivity contribution is 6.06. The first-order valence-corrected chi connectivity index (χ1v) is 9.05. The van der Waals surface area contributed by atoms with Crippen molar-refractivity contribution in [2.45, 2.75) is 44.8 Å². The van der Waals surface area contributed by atoms with E-state index in [2.05, 4.69) is 10.6 Å². The summed E-state index contributed by atoms with van der Waals surface area (Å²) in [6.07, 6.45) is -0.729. The van der Waals surface area contributed by atoms with Gasteiger partial charge in [0.2, 0.25) is 5.60 Å². The molecule has 1 aliphatic carbocycles. The molecule has 1 aromatic carbocycles. The molecule has 1 fully saturated rings. The van der Waals surface area contributed by atoms with E-state index in [0.717, 1.165) is 6.07 Å². The van der Waals surface area contributed by atoms with Crippen molar-refractivity contribution >= 4 is 29.7 Å². The molecule has 0 unspecified atom stereocenters. The van der Waals surface area contributed by atoms with Crippen LogP contribution in [-0.4, -0.2) is 48.1 Å². The van der Waals surface area contributed by atoms with Crippen LogP contribution < -0.4 is 10.6 Å². The minimum atomic E-state index is -1.82. The van der Waals surface area contributed by atoms with E-state index in [4.69, 9.17) is 9.47 Å². The Bertz CT molecular complexity index is 910. The van der Waals surface area contributed by atoms with Crippen LogP contribution >= 0.6 is 0 Å². The fraction of sp³-hybridized carbons (Fsp3) is 0.474. The molecule has 0 aromatic heterocycles. The number of ether oxygens (including phenoxy) is 2. The molecule has 1 saturated heterocycles. The van der Waals surface area contributed by atoms with E-state index < -0.39 is 47.6 Å². The molecule has 1 aliphatic heterocycles. The van der Waals surface area contributed by atoms with Crippen molar-refractivity contribution in [2.24, 2.45) is 0 Å². The van der Waals surface area contributed by atoms with Gasteiger partial charge in [0.15, 0.2) is 0 Å². The number of rotatable bonds is 3. The van der Waals surface area contributed by atoms with Gasteiger partial charge in [-0.1, -0.05) is 0 Å². The van der Waals surface area contributed by atoms with Crippen molar-refractivity contribution in [1.82, 2.24) is 10.2 Å². The number of carbonyl (C=O) groups is 4. The first-order chi connectivity index (χ1) is 13.5. The van der Waals surface area contributed by atoms with Gasteiger partial charge in [0.25, 0.3) is 5.91 Å². The molecule has 1 atom stereocenters. The molecule has 1 aromatic rings. The Balaban J connectivity index is 1.88. The third kappa shape index (κ3) is 3.74. The number of hydrogen-bond donors (Lipinski definition) is 2. The Kier molecular flexibility index (Phi) is 4.97. The van der Waals surface area contributed by atoms with Crippen molar-refractivity contribution in [3.05, 3.63) is 29.1 Å². The summed E-state index contributed by atoms with van der Waals surface area (Å²) in [5, 5.41) is 4.82. The van der Waals surface area contributed by atoms with Crippen molar-refractivity contribution in [3.8, 4) is 0 Å². The molecule has 1 spiro atoms. The van der Waals surface area contributed by atoms with Gasteiger partial charge < -0.3 is 20.1 Å². The minimum absolute atomic E-state index is 0.0398. The van der Waals surface area contributed by atoms with Crippen LogP contribution in [-0.2, 0) is 31.1 Å². The second-order valence-corrected chi connectivity index (χ2v) is 7.87. The van der Waals surface area contributed by atoms with E-state index in [1.807, 2.05) is 0 Å². The largest absolute Gasteiger partial charge is 0.459 e. The van der Waals surface area contributed by atoms with Crippen LogP contribution in [0.25, 0.3) is 0 Å². The lowest BCUT2D eigenvalue weighted by molar-refractivity contribution is -0.157. The first kappa shape index (κ1) is 20.6. The molecular formula is C19H22FN3O6. The molecular weight excluding hydrogens is 385 g/mol. The zero-order valence-electron chi connectivity index (χ0n) is 16.6. The number of benzene rings is 1. The molecule has 10 heteroatoms. The topological polar surface area (TPSA) is 114 Å². The molecule has 4 amide bonds. The number of anilines is 1. The average molecular weight is 407 g/mol. The van der Waals surface area contributed by atoms with Gasteiger partial charge in [-0.05, 0) is 44.9 Å². The Hall–Kier alpha value is -3.17. The van der Waals surface area contributed by atoms with Crippen LogP contribution in [0, 0.1) is 5.82 Å². The molecule has 29 heavy (non-hydrogen) atoms. The van der Waals surface area contributed by atoms with E-state index in [1.165, 1.54) is 13.1 Å². The summed E-state index contributed by atoms with van der Waals surface area (Å²) in [7, 11) is 1.42. The highest BCUT2D eigenvalue weighted by Gasteiger charge is 2.59. The van der Waals surface area contributed by atoms with E-state index in [1.54, 1.807) is 20.8 Å². The van der Waals surface area contributed by atoms with Crippen LogP contribution in [0.15, 0.2) is 12.1 Å². The monoisotopic (exact) mass is 407 g/mol. The van der Waals surface area contributed by atoms with Crippen LogP contribution in [0.2, 0.25) is 0 Å². The maximum absolute atomic E-state index is 14.9. The summed E-state index contributed by atoms with van der Waals surface area (Å²) in [4.78, 5) is 49.5. The number of carbonyl (C=O) groups excluding carboxylic acids is 4. The zero-order chi connectivity index (χ0) is 21.6. The molecule has 0 radical (unpaired) electrons. The number of aryl methyl sites for hydroxylation is 1. The third-order valence-corrected chi connectivity index (χ3v) is 4.59. The maximum Gasteiger partial charge on any atom is 0.418 e. The predicted molar refractivity (Wildman–Crippen MR) is 98.5 cm³/mol. The summed E-state index contributed by atoms with van der Waals surface area (Å²) < 4.78 is 25.3. The molecule has 2 N–H and O–H groups in total. The summed E-state index contributed by atoms with van der Waals surface area (Å²) in [6, 6.07) is 2.06. The van der Waals surface area contributed by atoms with Crippen molar-refractivity contribution in [2.75, 3.05) is 18.9 Å². The molecule has 0 saturated carbocycles. The number of imide groups is 1. The SMILES string of the molecule is CNC(=O)Nc1cc(F)c2c(c1)CC[C@@]21OC(=O)N(CC(=O)OC(C)(C)C)C1=O. The molecule has 1 heterocycles. The highest BCUT2D eigenvalue weighted by atomic mass is 19.1. The lowest BCUT2D eigenvalue weighted by Crippen LogP contribution is -2.41. The number of halogens is 1. The van der Waals surface area contributed by atoms with Gasteiger partial charge in [0.05, 0.1) is 0 Å². The smallest absolute Gasteiger partial charge is 0.418 e. The van der Waals surface area contributed by atoms with E-state index in [-0.39, 0.29) is 24.1 Å². The fourth-order valence-electron chi connectivity index (χ4n) is 3.52. The number of fused-ring (bicyclic) bond motifs is 2. The van der Waals surface area contributed by atoms with Crippen LogP contribution in [0.1, 0.15) is 38.3 Å². The van der Waals surface area contributed by atoms with E-state index in [0.29, 0.717) is 10.5 Å². The summed E-state index contributed by atoms with van der Waals surface area (Å²) in [5.41, 5.74) is -2.01. The van der Waals surface area contributed by atoms with Crippen molar-refractivity contribution in [1.29, 1.82) is 0 Å². The lowest BCUT2D eigenvalue weighted by Gasteiger charge is -2.22. The van der Waals surface area contributed by atoms with Gasteiger partial charge in [0.1, 0.15) is 18.0 Å². The van der Waals surface area contributed by atoms with Gasteiger partial charge in [-0.2, -0.15) is 0 Å². The number of nitrogens with one attached hydrogen (secondary N) is 2. The number of hydrogen-bond acceptors (Lipinski definition) is 6. The third-order valence-electron chi connectivity index (χ3n) is 4.59. The van der Waals surface area contributed by atoms with E-state index >= 15 is 0 Å². The zero-order valence-corrected chi connectivity index (χ0v) is 16.6. The van der Waals surface area contributed by atoms with Gasteiger partial charge >= 0.3 is 18.1 Å². The normalized spacial score (nSPS) is 20.5. The highest BCUT2D eigenvalue weighted by Crippen LogP contribution is 2.47. The van der Waals surface area contributed by atoms with Gasteiger partial charge in [-0.25, -0.2) is 18.9 Å². The second-order valence-electron chi connectivity index (χ2n) is 7.87. The maximum atomic E-state index is 14.9. The van der Waals surface area contributed by atoms with Crippen LogP contribution in [0.3, 0.4) is 0 Å². The summed E-state index contributed by atoms with van der Waals surface area (Å²) in [6.45, 7) is 4.35. The number of nitrogens with zero attached hydrogens (tertiary/aromatic N) is 1. The number of urea groups is 1. The standard InChI is InChI=1S/C19H22FN3O6/c1-18(2,3)28-13(24)9-23-15(25)19(29-17(23)27)6-5-10-7-11(22-16(26)21-4)8-12(20)14(10)19/h7-8H,5-6,9H2,1-4H3,(H2,21,22,26)/t19-/m1/s1. The summed E-state index contributed by atoms with van der Waals surface area (Å²) in [5.74, 6) is -2.37. The van der Waals surface area contributed by atoms with Crippen LogP contribution in [0.4, 0.5) is 19.7 Å². The van der Waals surface area contributed by atoms with Gasteiger partial charge in [-0.15, -0.1) is 0 Å². The first-order valence-electron chi connectivity index (χ1n) is 9.05.